The normalized spacial score (nSPS) is 11.3. The standard InChI is InChI=1S/C22H15N5O/c23-11-17(21(24)28)9-14-2-1-3-16(8-14)18-10-19-20(13-27-22(19)26-12-18)15-4-6-25-7-5-15/h1-10,12-13H,(H2,24,28)(H,26,27). The summed E-state index contributed by atoms with van der Waals surface area (Å²) in [4.78, 5) is 23.1. The second-order valence-electron chi connectivity index (χ2n) is 6.22. The summed E-state index contributed by atoms with van der Waals surface area (Å²) >= 11 is 0. The second-order valence-corrected chi connectivity index (χ2v) is 6.22. The van der Waals surface area contributed by atoms with E-state index in [0.717, 1.165) is 38.9 Å². The highest BCUT2D eigenvalue weighted by atomic mass is 16.1. The predicted octanol–water partition coefficient (Wildman–Crippen LogP) is 3.68. The Kier molecular flexibility index (Phi) is 4.40. The molecule has 0 spiro atoms. The highest BCUT2D eigenvalue weighted by molar-refractivity contribution is 6.00. The van der Waals surface area contributed by atoms with Crippen molar-refractivity contribution in [2.24, 2.45) is 5.73 Å². The maximum atomic E-state index is 11.3. The first-order valence-corrected chi connectivity index (χ1v) is 8.55. The number of hydrogen-bond donors (Lipinski definition) is 2. The van der Waals surface area contributed by atoms with Gasteiger partial charge in [-0.3, -0.25) is 9.78 Å². The smallest absolute Gasteiger partial charge is 0.259 e. The van der Waals surface area contributed by atoms with Gasteiger partial charge in [-0.25, -0.2) is 4.98 Å². The van der Waals surface area contributed by atoms with Crippen LogP contribution in [0.1, 0.15) is 5.56 Å². The van der Waals surface area contributed by atoms with Gasteiger partial charge in [0.15, 0.2) is 0 Å². The Morgan fingerprint density at radius 3 is 2.68 bits per heavy atom. The van der Waals surface area contributed by atoms with Gasteiger partial charge >= 0.3 is 0 Å². The molecule has 0 saturated heterocycles. The number of nitrogens with two attached hydrogens (primary N) is 1. The van der Waals surface area contributed by atoms with E-state index in [0.29, 0.717) is 0 Å². The van der Waals surface area contributed by atoms with Gasteiger partial charge in [-0.2, -0.15) is 5.26 Å². The minimum atomic E-state index is -0.745. The second kappa shape index (κ2) is 7.17. The molecule has 0 atom stereocenters. The Labute approximate surface area is 161 Å². The van der Waals surface area contributed by atoms with Crippen molar-refractivity contribution in [2.45, 2.75) is 0 Å². The summed E-state index contributed by atoms with van der Waals surface area (Å²) in [6.45, 7) is 0. The summed E-state index contributed by atoms with van der Waals surface area (Å²) in [6.07, 6.45) is 8.72. The first kappa shape index (κ1) is 17.2. The fourth-order valence-electron chi connectivity index (χ4n) is 3.06. The van der Waals surface area contributed by atoms with Crippen molar-refractivity contribution in [3.05, 3.63) is 78.4 Å². The Morgan fingerprint density at radius 1 is 1.11 bits per heavy atom. The minimum Gasteiger partial charge on any atom is -0.365 e. The zero-order chi connectivity index (χ0) is 19.5. The third-order valence-corrected chi connectivity index (χ3v) is 4.44. The number of aromatic amines is 1. The minimum absolute atomic E-state index is 0.0867. The van der Waals surface area contributed by atoms with Crippen molar-refractivity contribution in [1.82, 2.24) is 15.0 Å². The summed E-state index contributed by atoms with van der Waals surface area (Å²) in [7, 11) is 0. The van der Waals surface area contributed by atoms with Gasteiger partial charge < -0.3 is 10.7 Å². The van der Waals surface area contributed by atoms with Crippen molar-refractivity contribution in [1.29, 1.82) is 5.26 Å². The van der Waals surface area contributed by atoms with E-state index in [-0.39, 0.29) is 5.57 Å². The number of pyridine rings is 2. The van der Waals surface area contributed by atoms with Crippen molar-refractivity contribution in [3.63, 3.8) is 0 Å². The van der Waals surface area contributed by atoms with Gasteiger partial charge in [0.2, 0.25) is 0 Å². The van der Waals surface area contributed by atoms with E-state index in [1.165, 1.54) is 6.08 Å². The number of benzene rings is 1. The quantitative estimate of drug-likeness (QED) is 0.425. The molecule has 28 heavy (non-hydrogen) atoms. The highest BCUT2D eigenvalue weighted by Crippen LogP contribution is 2.31. The monoisotopic (exact) mass is 365 g/mol. The summed E-state index contributed by atoms with van der Waals surface area (Å²) in [5, 5.41) is 10.0. The van der Waals surface area contributed by atoms with Crippen LogP contribution in [0.5, 0.6) is 0 Å². The van der Waals surface area contributed by atoms with Crippen LogP contribution in [-0.4, -0.2) is 20.9 Å². The third-order valence-electron chi connectivity index (χ3n) is 4.44. The number of H-pyrrole nitrogens is 1. The molecule has 134 valence electrons. The van der Waals surface area contributed by atoms with Gasteiger partial charge in [-0.1, -0.05) is 18.2 Å². The molecule has 1 amide bonds. The molecule has 0 aliphatic carbocycles. The molecule has 4 rings (SSSR count). The lowest BCUT2D eigenvalue weighted by Crippen LogP contribution is -2.12. The van der Waals surface area contributed by atoms with E-state index in [9.17, 15) is 4.79 Å². The summed E-state index contributed by atoms with van der Waals surface area (Å²) in [6, 6.07) is 15.3. The lowest BCUT2D eigenvalue weighted by Gasteiger charge is -2.05. The molecule has 0 aliphatic rings. The number of carbonyl (C=O) groups excluding carboxylic acids is 1. The van der Waals surface area contributed by atoms with Crippen molar-refractivity contribution < 1.29 is 4.79 Å². The summed E-state index contributed by atoms with van der Waals surface area (Å²) in [5.74, 6) is -0.745. The lowest BCUT2D eigenvalue weighted by atomic mass is 10.0. The predicted molar refractivity (Wildman–Crippen MR) is 108 cm³/mol. The molecule has 4 aromatic rings. The van der Waals surface area contributed by atoms with Crippen molar-refractivity contribution >= 4 is 23.0 Å². The SMILES string of the molecule is N#CC(=Cc1cccc(-c2cnc3[nH]cc(-c4ccncc4)c3c2)c1)C(N)=O. The molecule has 3 N–H and O–H groups in total. The number of hydrogen-bond acceptors (Lipinski definition) is 4. The zero-order valence-electron chi connectivity index (χ0n) is 14.8. The van der Waals surface area contributed by atoms with E-state index in [4.69, 9.17) is 11.0 Å². The van der Waals surface area contributed by atoms with E-state index >= 15 is 0 Å². The third kappa shape index (κ3) is 3.24. The van der Waals surface area contributed by atoms with Crippen LogP contribution in [-0.2, 0) is 4.79 Å². The first-order valence-electron chi connectivity index (χ1n) is 8.55. The molecule has 6 nitrogen and oxygen atoms in total. The molecule has 0 saturated carbocycles. The largest absolute Gasteiger partial charge is 0.365 e. The van der Waals surface area contributed by atoms with Gasteiger partial charge in [-0.05, 0) is 47.0 Å². The molecule has 0 aliphatic heterocycles. The van der Waals surface area contributed by atoms with Gasteiger partial charge in [0.25, 0.3) is 5.91 Å². The number of nitrogens with zero attached hydrogens (tertiary/aromatic N) is 3. The van der Waals surface area contributed by atoms with Crippen LogP contribution in [0.25, 0.3) is 39.4 Å². The van der Waals surface area contributed by atoms with E-state index < -0.39 is 5.91 Å². The van der Waals surface area contributed by atoms with Gasteiger partial charge in [0, 0.05) is 41.3 Å². The number of primary amides is 1. The number of rotatable bonds is 4. The molecule has 3 heterocycles. The van der Waals surface area contributed by atoms with Crippen LogP contribution in [0.2, 0.25) is 0 Å². The maximum absolute atomic E-state index is 11.3. The molecule has 3 aromatic heterocycles. The number of carbonyl (C=O) groups is 1. The van der Waals surface area contributed by atoms with Crippen LogP contribution >= 0.6 is 0 Å². The number of amides is 1. The molecule has 0 unspecified atom stereocenters. The average Bonchev–Trinajstić information content (AvgIpc) is 3.16. The molecule has 0 fully saturated rings. The van der Waals surface area contributed by atoms with Gasteiger partial charge in [-0.15, -0.1) is 0 Å². The van der Waals surface area contributed by atoms with Crippen LogP contribution in [0, 0.1) is 11.3 Å². The van der Waals surface area contributed by atoms with Crippen LogP contribution in [0.4, 0.5) is 0 Å². The Morgan fingerprint density at radius 2 is 1.93 bits per heavy atom. The average molecular weight is 365 g/mol. The molecular weight excluding hydrogens is 350 g/mol. The Bertz CT molecular complexity index is 1250. The number of nitrogens with one attached hydrogen (secondary N) is 1. The topological polar surface area (TPSA) is 108 Å². The molecule has 1 aromatic carbocycles. The Balaban J connectivity index is 1.79. The molecule has 0 radical (unpaired) electrons. The summed E-state index contributed by atoms with van der Waals surface area (Å²) < 4.78 is 0. The van der Waals surface area contributed by atoms with Crippen LogP contribution in [0.15, 0.2) is 72.8 Å². The number of aromatic nitrogens is 3. The fourth-order valence-corrected chi connectivity index (χ4v) is 3.06. The van der Waals surface area contributed by atoms with E-state index in [1.807, 2.05) is 48.7 Å². The van der Waals surface area contributed by atoms with Crippen molar-refractivity contribution in [2.75, 3.05) is 0 Å². The maximum Gasteiger partial charge on any atom is 0.259 e. The zero-order valence-corrected chi connectivity index (χ0v) is 14.8. The highest BCUT2D eigenvalue weighted by Gasteiger charge is 2.10. The fraction of sp³-hybridized carbons (Fsp3) is 0. The molecular formula is C22H15N5O. The van der Waals surface area contributed by atoms with E-state index in [2.05, 4.69) is 21.0 Å². The van der Waals surface area contributed by atoms with Crippen LogP contribution < -0.4 is 5.73 Å². The van der Waals surface area contributed by atoms with E-state index in [1.54, 1.807) is 18.6 Å². The number of fused-ring (bicyclic) bond motifs is 1. The lowest BCUT2D eigenvalue weighted by molar-refractivity contribution is -0.114. The van der Waals surface area contributed by atoms with Gasteiger partial charge in [0.05, 0.1) is 0 Å². The molecule has 6 heteroatoms. The van der Waals surface area contributed by atoms with Crippen LogP contribution in [0.3, 0.4) is 0 Å². The van der Waals surface area contributed by atoms with Crippen molar-refractivity contribution in [3.8, 4) is 28.3 Å². The first-order chi connectivity index (χ1) is 13.7. The Hall–Kier alpha value is -4.24. The summed E-state index contributed by atoms with van der Waals surface area (Å²) in [5.41, 5.74) is 10.6. The number of nitriles is 1. The van der Waals surface area contributed by atoms with Gasteiger partial charge in [0.1, 0.15) is 17.3 Å². The molecule has 0 bridgehead atoms.